The maximum absolute atomic E-state index is 13.2. The van der Waals surface area contributed by atoms with Gasteiger partial charge in [0.1, 0.15) is 45.0 Å². The number of hydrogen-bond acceptors (Lipinski definition) is 15. The largest absolute Gasteiger partial charge is 0.450 e. The van der Waals surface area contributed by atoms with E-state index in [1.54, 1.807) is 18.2 Å². The second kappa shape index (κ2) is 48.1. The Bertz CT molecular complexity index is 5300. The van der Waals surface area contributed by atoms with Crippen LogP contribution in [0.4, 0.5) is 0 Å². The summed E-state index contributed by atoms with van der Waals surface area (Å²) in [6.07, 6.45) is 55.4. The second-order valence-electron chi connectivity index (χ2n) is 52.3. The molecule has 18 bridgehead atoms. The minimum absolute atomic E-state index is 0.0155. The minimum Gasteiger partial charge on any atom is -0.450 e. The Labute approximate surface area is 898 Å². The zero-order valence-electron chi connectivity index (χ0n) is 92.2. The lowest BCUT2D eigenvalue weighted by molar-refractivity contribution is -0.145. The van der Waals surface area contributed by atoms with Gasteiger partial charge in [0.2, 0.25) is 0 Å². The molecule has 17 heteroatoms. The van der Waals surface area contributed by atoms with Gasteiger partial charge in [-0.2, -0.15) is 16.8 Å². The van der Waals surface area contributed by atoms with Crippen molar-refractivity contribution in [1.82, 2.24) is 0 Å². The molecule has 6 aromatic rings. The van der Waals surface area contributed by atoms with Gasteiger partial charge in [0, 0.05) is 19.3 Å². The van der Waals surface area contributed by atoms with E-state index in [0.29, 0.717) is 113 Å². The molecule has 20 fully saturated rings. The molecule has 0 radical (unpaired) electrons. The van der Waals surface area contributed by atoms with E-state index in [1.807, 2.05) is 68.4 Å². The Morgan fingerprint density at radius 1 is 0.347 bits per heavy atom. The molecule has 0 aliphatic heterocycles. The van der Waals surface area contributed by atoms with Crippen LogP contribution in [0.3, 0.4) is 0 Å². The molecular weight excluding hydrogens is 1900 g/mol. The van der Waals surface area contributed by atoms with E-state index >= 15 is 0 Å². The smallest absolute Gasteiger partial charge is 0.315 e. The fraction of sp³-hybridized carbons (Fsp3) is 0.685. The molecule has 20 aliphatic rings. The molecule has 20 aliphatic carbocycles. The van der Waals surface area contributed by atoms with Crippen LogP contribution in [0.2, 0.25) is 0 Å². The molecule has 0 heterocycles. The van der Waals surface area contributed by atoms with Crippen molar-refractivity contribution < 1.29 is 58.5 Å². The normalized spacial score (nSPS) is 31.6. The summed E-state index contributed by atoms with van der Waals surface area (Å²) in [4.78, 5) is 38.4. The number of ether oxygens (including phenoxy) is 4. The molecule has 0 N–H and O–H groups in total. The lowest BCUT2D eigenvalue weighted by Gasteiger charge is -2.56. The number of carbonyl (C=O) groups is 3. The Kier molecular flexibility index (Phi) is 36.4. The van der Waals surface area contributed by atoms with Gasteiger partial charge in [0.15, 0.2) is 10.1 Å². The molecule has 26 rings (SSSR count). The van der Waals surface area contributed by atoms with Crippen molar-refractivity contribution in [3.8, 4) is 34.5 Å². The van der Waals surface area contributed by atoms with Crippen molar-refractivity contribution >= 4 is 72.5 Å². The van der Waals surface area contributed by atoms with Crippen molar-refractivity contribution in [3.05, 3.63) is 179 Å². The predicted molar refractivity (Wildman–Crippen MR) is 604 cm³/mol. The lowest BCUT2D eigenvalue weighted by atomic mass is 9.49. The molecule has 0 saturated heterocycles. The highest BCUT2D eigenvalue weighted by Crippen LogP contribution is 2.68. The molecule has 0 amide bonds. The summed E-state index contributed by atoms with van der Waals surface area (Å²) in [7, 11) is -7.42. The first-order chi connectivity index (χ1) is 70.4. The van der Waals surface area contributed by atoms with Gasteiger partial charge >= 0.3 is 32.2 Å². The van der Waals surface area contributed by atoms with Crippen molar-refractivity contribution in [3.63, 3.8) is 0 Å². The molecule has 0 aromatic heterocycles. The molecular formula is C130H182O13S4. The average molecular weight is 2080 g/mol. The van der Waals surface area contributed by atoms with Crippen LogP contribution in [0.5, 0.6) is 34.5 Å². The Morgan fingerprint density at radius 3 is 0.912 bits per heavy atom. The molecule has 6 aromatic carbocycles. The minimum atomic E-state index is -3.84. The van der Waals surface area contributed by atoms with Crippen LogP contribution in [0.15, 0.2) is 146 Å². The highest BCUT2D eigenvalue weighted by Gasteiger charge is 2.66. The Morgan fingerprint density at radius 2 is 0.619 bits per heavy atom. The molecule has 0 spiro atoms. The number of ketones is 1. The van der Waals surface area contributed by atoms with Gasteiger partial charge in [0.25, 0.3) is 0 Å². The van der Waals surface area contributed by atoms with Gasteiger partial charge in [-0.15, -0.1) is 0 Å². The summed E-state index contributed by atoms with van der Waals surface area (Å²) in [5, 5.41) is 1.64. The van der Waals surface area contributed by atoms with Crippen LogP contribution in [0.1, 0.15) is 461 Å². The van der Waals surface area contributed by atoms with Crippen LogP contribution in [0.25, 0.3) is 0 Å². The Balaban J connectivity index is 0.000000121. The number of Topliss-reactive ketones (excluding diaryl/α,β-unsaturated/α-hetero) is 1. The third-order valence-electron chi connectivity index (χ3n) is 41.3. The number of carbonyl (C=O) groups excluding carboxylic acids is 3. The third-order valence-corrected chi connectivity index (χ3v) is 45.0. The van der Waals surface area contributed by atoms with Crippen molar-refractivity contribution in [2.24, 2.45) is 122 Å². The van der Waals surface area contributed by atoms with Crippen molar-refractivity contribution in [1.29, 1.82) is 0 Å². The fourth-order valence-corrected chi connectivity index (χ4v) is 38.1. The predicted octanol–water partition coefficient (Wildman–Crippen LogP) is 34.8. The van der Waals surface area contributed by atoms with Crippen molar-refractivity contribution in [2.45, 2.75) is 433 Å². The van der Waals surface area contributed by atoms with Gasteiger partial charge < -0.3 is 27.3 Å². The van der Waals surface area contributed by atoms with E-state index in [1.165, 1.54) is 221 Å². The van der Waals surface area contributed by atoms with E-state index < -0.39 is 30.4 Å². The standard InChI is InChI=1S/C24H36O2.C22H30O2.2C22H30OS.C20H28O4S.C20H28O3S/c1-3-18(2)21-15-10-16-22(17-21)26-24(25)23(19-11-6-4-7-12-19)20-13-8-5-9-14-20;1-3-15(2)19-5-4-6-20(10-19)24-21(23)14-22-11-16-7-17(12-22)9-18(8-16)13-22;2*1-3-15(2)19-5-4-6-20(10-19)23-21(24)14-22-11-16-7-17(12-22)9-18(8-16)13-22;1-5-14(2)15-7-6-8-17(11-15)24-25(22,23)13-20-10-9-16(12-18(20)21)19(20,3)4;1-3-14(2)18-5-4-6-19(10-18)23-24(21,22)20-11-15-7-16(12-20)9-17(8-15)13-20/h10,15-20,23H,3-9,11-14H2,1-2H3;3*4-6,10,15-18H,3,7-9,11-14H2,1-2H3;6-8,11,14,16H,5,9-10,12-13H2,1-4H3;4-6,10,14-17H,3,7-9,11-13H2,1-2H3. The second-order valence-corrected chi connectivity index (χ2v) is 56.8. The third kappa shape index (κ3) is 26.9. The lowest BCUT2D eigenvalue weighted by Crippen LogP contribution is -2.55. The van der Waals surface area contributed by atoms with Gasteiger partial charge in [-0.3, -0.25) is 14.4 Å². The van der Waals surface area contributed by atoms with Gasteiger partial charge in [0.05, 0.1) is 23.5 Å². The van der Waals surface area contributed by atoms with Gasteiger partial charge in [-0.05, 0) is 508 Å². The van der Waals surface area contributed by atoms with Gasteiger partial charge in [-0.1, -0.05) is 208 Å². The molecule has 20 saturated carbocycles. The molecule has 8 unspecified atom stereocenters. The van der Waals surface area contributed by atoms with Crippen LogP contribution in [-0.4, -0.2) is 55.2 Å². The summed E-state index contributed by atoms with van der Waals surface area (Å²) in [5.41, 5.74) is 7.59. The summed E-state index contributed by atoms with van der Waals surface area (Å²) >= 11 is 11.4. The Hall–Kier alpha value is -6.79. The highest BCUT2D eigenvalue weighted by atomic mass is 32.2. The molecule has 13 nitrogen and oxygen atoms in total. The van der Waals surface area contributed by atoms with Crippen molar-refractivity contribution in [2.75, 3.05) is 5.75 Å². The molecule has 804 valence electrons. The maximum atomic E-state index is 13.2. The van der Waals surface area contributed by atoms with Crippen LogP contribution < -0.4 is 27.3 Å². The fourth-order valence-electron chi connectivity index (χ4n) is 33.7. The number of esters is 2. The SMILES string of the molecule is CCC(C)c1cccc(OC(=O)C(C2CCCCC2)C2CCCCC2)c1.CCC(C)c1cccc(OC(=O)CC23CC4CC(CC(C4)C2)C3)c1.CCC(C)c1cccc(OC(=S)CC23CC4CC(CC(C4)C2)C3)c1.CCC(C)c1cccc(OC(=S)CC23CC4CC(CC(C4)C2)C3)c1.CCC(C)c1cccc(OS(=O)(=O)C23CC4CC(CC(C4)C2)C3)c1.CCC(C)c1cccc(OS(=O)(=O)CC23CCC(CC2=O)C3(C)C)c1. The van der Waals surface area contributed by atoms with E-state index in [4.69, 9.17) is 51.7 Å². The number of rotatable bonds is 32. The van der Waals surface area contributed by atoms with Gasteiger partial charge in [-0.25, -0.2) is 0 Å². The number of fused-ring (bicyclic) bond motifs is 2. The van der Waals surface area contributed by atoms with E-state index in [-0.39, 0.29) is 40.2 Å². The molecule has 8 atom stereocenters. The zero-order valence-corrected chi connectivity index (χ0v) is 95.5. The first-order valence-corrected chi connectivity index (χ1v) is 63.0. The zero-order chi connectivity index (χ0) is 104. The first-order valence-electron chi connectivity index (χ1n) is 59.2. The van der Waals surface area contributed by atoms with E-state index in [0.717, 1.165) is 175 Å². The number of thiocarbonyl (C=S) groups is 2. The van der Waals surface area contributed by atoms with Crippen LogP contribution >= 0.6 is 24.4 Å². The van der Waals surface area contributed by atoms with E-state index in [9.17, 15) is 31.2 Å². The number of benzene rings is 6. The van der Waals surface area contributed by atoms with Crippen LogP contribution in [0, 0.1) is 122 Å². The summed E-state index contributed by atoms with van der Waals surface area (Å²) in [6, 6.07) is 48.3. The summed E-state index contributed by atoms with van der Waals surface area (Å²) < 4.78 is 86.3. The maximum Gasteiger partial charge on any atom is 0.315 e. The molecule has 147 heavy (non-hydrogen) atoms. The number of hydrogen-bond donors (Lipinski definition) is 0. The van der Waals surface area contributed by atoms with Crippen LogP contribution in [-0.2, 0) is 34.6 Å². The topological polar surface area (TPSA) is 175 Å². The summed E-state index contributed by atoms with van der Waals surface area (Å²) in [5.74, 6) is 18.8. The highest BCUT2D eigenvalue weighted by molar-refractivity contribution is 7.88. The summed E-state index contributed by atoms with van der Waals surface area (Å²) in [6.45, 7) is 30.4. The van der Waals surface area contributed by atoms with E-state index in [2.05, 4.69) is 156 Å². The quantitative estimate of drug-likeness (QED) is 0.0169. The monoisotopic (exact) mass is 2080 g/mol. The average Bonchev–Trinajstić information content (AvgIpc) is 1.53. The first kappa shape index (κ1) is 111.